The van der Waals surface area contributed by atoms with Gasteiger partial charge in [-0.15, -0.1) is 0 Å². The van der Waals surface area contributed by atoms with E-state index in [1.807, 2.05) is 12.1 Å². The molecule has 5 N–H and O–H groups in total. The van der Waals surface area contributed by atoms with Crippen molar-refractivity contribution in [2.75, 3.05) is 56.3 Å². The molecule has 39 heavy (non-hydrogen) atoms. The van der Waals surface area contributed by atoms with Gasteiger partial charge in [0.2, 0.25) is 11.8 Å². The van der Waals surface area contributed by atoms with Crippen LogP contribution in [0.2, 0.25) is 5.02 Å². The van der Waals surface area contributed by atoms with Gasteiger partial charge in [-0.05, 0) is 62.6 Å². The second-order valence-corrected chi connectivity index (χ2v) is 11.1. The van der Waals surface area contributed by atoms with Crippen molar-refractivity contribution < 1.29 is 23.9 Å². The minimum atomic E-state index is -1.35. The van der Waals surface area contributed by atoms with Gasteiger partial charge in [-0.1, -0.05) is 11.6 Å². The number of rotatable bonds is 8. The zero-order valence-corrected chi connectivity index (χ0v) is 22.8. The largest absolute Gasteiger partial charge is 0.378 e. The number of nitrogens with zero attached hydrogens (tertiary/aromatic N) is 2. The van der Waals surface area contributed by atoms with Crippen LogP contribution in [0.1, 0.15) is 38.5 Å². The van der Waals surface area contributed by atoms with Crippen LogP contribution < -0.4 is 26.6 Å². The average Bonchev–Trinajstić information content (AvgIpc) is 3.65. The number of primary amides is 1. The van der Waals surface area contributed by atoms with E-state index in [-0.39, 0.29) is 36.2 Å². The summed E-state index contributed by atoms with van der Waals surface area (Å²) in [5.74, 6) is -1.62. The Morgan fingerprint density at radius 3 is 2.59 bits per heavy atom. The summed E-state index contributed by atoms with van der Waals surface area (Å²) in [6.45, 7) is 4.10. The van der Waals surface area contributed by atoms with Crippen molar-refractivity contribution in [2.45, 2.75) is 50.2 Å². The molecule has 3 aliphatic heterocycles. The first-order chi connectivity index (χ1) is 18.9. The quantitative estimate of drug-likeness (QED) is 0.376. The summed E-state index contributed by atoms with van der Waals surface area (Å²) >= 11 is 6.42. The van der Waals surface area contributed by atoms with E-state index in [0.29, 0.717) is 62.8 Å². The molecule has 11 nitrogen and oxygen atoms in total. The molecule has 5 rings (SSSR count). The summed E-state index contributed by atoms with van der Waals surface area (Å²) in [6, 6.07) is 5.65. The molecule has 2 saturated heterocycles. The fourth-order valence-electron chi connectivity index (χ4n) is 6.19. The van der Waals surface area contributed by atoms with Gasteiger partial charge in [-0.2, -0.15) is 0 Å². The fourth-order valence-corrected chi connectivity index (χ4v) is 6.36. The molecule has 1 aromatic rings. The van der Waals surface area contributed by atoms with Crippen molar-refractivity contribution in [2.24, 2.45) is 22.6 Å². The molecule has 3 amide bonds. The molecular formula is C27H37ClN6O5. The predicted octanol–water partition coefficient (Wildman–Crippen LogP) is 1.44. The van der Waals surface area contributed by atoms with Crippen LogP contribution in [-0.4, -0.2) is 81.2 Å². The first kappa shape index (κ1) is 27.8. The third kappa shape index (κ3) is 5.91. The molecule has 0 radical (unpaired) electrons. The van der Waals surface area contributed by atoms with Crippen LogP contribution in [0.3, 0.4) is 0 Å². The second kappa shape index (κ2) is 12.2. The van der Waals surface area contributed by atoms with E-state index in [2.05, 4.69) is 25.8 Å². The second-order valence-electron chi connectivity index (χ2n) is 10.7. The first-order valence-corrected chi connectivity index (χ1v) is 14.2. The highest BCUT2D eigenvalue weighted by molar-refractivity contribution is 6.47. The summed E-state index contributed by atoms with van der Waals surface area (Å²) < 4.78 is 11.0. The number of hydrogen-bond acceptors (Lipinski definition) is 8. The number of morpholine rings is 1. The Labute approximate surface area is 233 Å². The maximum Gasteiger partial charge on any atom is 0.267 e. The summed E-state index contributed by atoms with van der Waals surface area (Å²) in [5.41, 5.74) is 6.26. The van der Waals surface area contributed by atoms with Crippen LogP contribution in [0, 0.1) is 11.8 Å². The minimum absolute atomic E-state index is 0.0242. The molecule has 3 fully saturated rings. The molecule has 1 saturated carbocycles. The van der Waals surface area contributed by atoms with Gasteiger partial charge in [0.15, 0.2) is 0 Å². The van der Waals surface area contributed by atoms with Gasteiger partial charge in [0.25, 0.3) is 5.91 Å². The van der Waals surface area contributed by atoms with E-state index < -0.39 is 17.4 Å². The Morgan fingerprint density at radius 2 is 1.90 bits per heavy atom. The van der Waals surface area contributed by atoms with Crippen LogP contribution in [0.25, 0.3) is 0 Å². The standard InChI is InChI=1S/C27H37ClN6O5/c28-21-8-7-19(34-9-12-38-13-10-34)14-22(21)33-24(35)17-3-5-18(6-4-17)27(26(29)37)23(31-16-32-27)25(36)30-15-20-2-1-11-39-20/h7-8,14,17-18,20,32H,1-6,9-13,15-16H2,(H2,29,37)(H,30,36)(H,33,35). The van der Waals surface area contributed by atoms with Crippen LogP contribution in [-0.2, 0) is 23.9 Å². The lowest BCUT2D eigenvalue weighted by molar-refractivity contribution is -0.126. The first-order valence-electron chi connectivity index (χ1n) is 13.8. The molecule has 0 bridgehead atoms. The third-order valence-corrected chi connectivity index (χ3v) is 8.71. The molecule has 1 aromatic carbocycles. The number of carbonyl (C=O) groups is 3. The predicted molar refractivity (Wildman–Crippen MR) is 148 cm³/mol. The van der Waals surface area contributed by atoms with Crippen LogP contribution in [0.4, 0.5) is 11.4 Å². The monoisotopic (exact) mass is 560 g/mol. The van der Waals surface area contributed by atoms with Crippen molar-refractivity contribution >= 4 is 46.4 Å². The number of halogens is 1. The van der Waals surface area contributed by atoms with Crippen molar-refractivity contribution in [1.82, 2.24) is 10.6 Å². The number of anilines is 2. The van der Waals surface area contributed by atoms with Gasteiger partial charge in [-0.25, -0.2) is 0 Å². The SMILES string of the molecule is NC(=O)C1(C2CCC(C(=O)Nc3cc(N4CCOCC4)ccc3Cl)CC2)NCN=C1C(=O)NCC1CCCO1. The number of aliphatic imine (C=N–C) groups is 1. The minimum Gasteiger partial charge on any atom is -0.378 e. The lowest BCUT2D eigenvalue weighted by Crippen LogP contribution is -2.66. The normalized spacial score (nSPS) is 29.1. The highest BCUT2D eigenvalue weighted by Crippen LogP contribution is 2.39. The van der Waals surface area contributed by atoms with Crippen LogP contribution in [0.5, 0.6) is 0 Å². The van der Waals surface area contributed by atoms with E-state index in [1.165, 1.54) is 0 Å². The Kier molecular flexibility index (Phi) is 8.70. The Balaban J connectivity index is 1.21. The van der Waals surface area contributed by atoms with Crippen molar-refractivity contribution in [3.8, 4) is 0 Å². The highest BCUT2D eigenvalue weighted by atomic mass is 35.5. The topological polar surface area (TPSA) is 147 Å². The van der Waals surface area contributed by atoms with Gasteiger partial charge < -0.3 is 30.7 Å². The maximum atomic E-state index is 13.2. The summed E-state index contributed by atoms with van der Waals surface area (Å²) in [7, 11) is 0. The molecule has 3 heterocycles. The zero-order valence-electron chi connectivity index (χ0n) is 22.0. The number of carbonyl (C=O) groups excluding carboxylic acids is 3. The van der Waals surface area contributed by atoms with E-state index >= 15 is 0 Å². The zero-order chi connectivity index (χ0) is 27.4. The van der Waals surface area contributed by atoms with Crippen molar-refractivity contribution in [3.05, 3.63) is 23.2 Å². The van der Waals surface area contributed by atoms with Gasteiger partial charge in [0.1, 0.15) is 11.3 Å². The van der Waals surface area contributed by atoms with E-state index in [1.54, 1.807) is 6.07 Å². The molecule has 0 spiro atoms. The number of hydrogen-bond donors (Lipinski definition) is 4. The van der Waals surface area contributed by atoms with E-state index in [0.717, 1.165) is 31.6 Å². The number of nitrogens with one attached hydrogen (secondary N) is 3. The smallest absolute Gasteiger partial charge is 0.267 e. The molecule has 0 aromatic heterocycles. The molecular weight excluding hydrogens is 524 g/mol. The average molecular weight is 561 g/mol. The number of benzene rings is 1. The van der Waals surface area contributed by atoms with Gasteiger partial charge in [-0.3, -0.25) is 24.7 Å². The third-order valence-electron chi connectivity index (χ3n) is 8.38. The molecule has 212 valence electrons. The lowest BCUT2D eigenvalue weighted by atomic mass is 9.69. The van der Waals surface area contributed by atoms with Gasteiger partial charge in [0, 0.05) is 37.8 Å². The Morgan fingerprint density at radius 1 is 1.13 bits per heavy atom. The molecule has 2 atom stereocenters. The Bertz CT molecular complexity index is 1110. The van der Waals surface area contributed by atoms with Crippen LogP contribution >= 0.6 is 11.6 Å². The van der Waals surface area contributed by atoms with Crippen molar-refractivity contribution in [3.63, 3.8) is 0 Å². The summed E-state index contributed by atoms with van der Waals surface area (Å²) in [4.78, 5) is 45.7. The maximum absolute atomic E-state index is 13.2. The molecule has 4 aliphatic rings. The molecule has 1 aliphatic carbocycles. The molecule has 2 unspecified atom stereocenters. The lowest BCUT2D eigenvalue weighted by Gasteiger charge is -2.39. The fraction of sp³-hybridized carbons (Fsp3) is 0.630. The number of amides is 3. The summed E-state index contributed by atoms with van der Waals surface area (Å²) in [5, 5.41) is 9.49. The van der Waals surface area contributed by atoms with Crippen LogP contribution in [0.15, 0.2) is 23.2 Å². The van der Waals surface area contributed by atoms with Gasteiger partial charge >= 0.3 is 0 Å². The van der Waals surface area contributed by atoms with Crippen molar-refractivity contribution in [1.29, 1.82) is 0 Å². The molecule has 12 heteroatoms. The Hall–Kier alpha value is -2.73. The number of nitrogens with two attached hydrogens (primary N) is 1. The summed E-state index contributed by atoms with van der Waals surface area (Å²) in [6.07, 6.45) is 4.04. The highest BCUT2D eigenvalue weighted by Gasteiger charge is 2.54. The van der Waals surface area contributed by atoms with E-state index in [4.69, 9.17) is 26.8 Å². The van der Waals surface area contributed by atoms with E-state index in [9.17, 15) is 14.4 Å². The van der Waals surface area contributed by atoms with Gasteiger partial charge in [0.05, 0.1) is 36.7 Å². The number of ether oxygens (including phenoxy) is 2.